The van der Waals surface area contributed by atoms with Crippen molar-refractivity contribution < 1.29 is 17.5 Å². The Morgan fingerprint density at radius 3 is 2.22 bits per heavy atom. The van der Waals surface area contributed by atoms with E-state index < -0.39 is 20.4 Å². The number of hydrogen-bond acceptors (Lipinski definition) is 3. The highest BCUT2D eigenvalue weighted by molar-refractivity contribution is 7.92. The quantitative estimate of drug-likeness (QED) is 0.840. The van der Waals surface area contributed by atoms with E-state index in [0.29, 0.717) is 29.1 Å². The summed E-state index contributed by atoms with van der Waals surface area (Å²) in [6.07, 6.45) is 6.03. The van der Waals surface area contributed by atoms with Crippen LogP contribution in [0.15, 0.2) is 18.2 Å². The molecule has 5 heteroatoms. The van der Waals surface area contributed by atoms with Gasteiger partial charge < -0.3 is 4.74 Å². The lowest BCUT2D eigenvalue weighted by molar-refractivity contribution is 0.0338. The van der Waals surface area contributed by atoms with Gasteiger partial charge >= 0.3 is 0 Å². The maximum Gasteiger partial charge on any atom is 0.160 e. The fourth-order valence-corrected chi connectivity index (χ4v) is 8.04. The second-order valence-corrected chi connectivity index (χ2v) is 10.2. The highest BCUT2D eigenvalue weighted by atomic mass is 32.2. The third-order valence-corrected chi connectivity index (χ3v) is 8.74. The van der Waals surface area contributed by atoms with Gasteiger partial charge in [0.05, 0.1) is 17.6 Å². The van der Waals surface area contributed by atoms with Gasteiger partial charge in [0.1, 0.15) is 11.6 Å². The van der Waals surface area contributed by atoms with Gasteiger partial charge in [-0.1, -0.05) is 0 Å². The van der Waals surface area contributed by atoms with Crippen molar-refractivity contribution in [2.24, 2.45) is 17.8 Å². The van der Waals surface area contributed by atoms with Gasteiger partial charge in [0, 0.05) is 5.56 Å². The molecule has 23 heavy (non-hydrogen) atoms. The maximum atomic E-state index is 13.6. The lowest BCUT2D eigenvalue weighted by atomic mass is 9.56. The van der Waals surface area contributed by atoms with Gasteiger partial charge in [0.25, 0.3) is 0 Å². The molecule has 0 amide bonds. The number of methoxy groups -OCH3 is 1. The zero-order chi connectivity index (χ0) is 16.2. The minimum Gasteiger partial charge on any atom is -0.496 e. The molecule has 0 heterocycles. The van der Waals surface area contributed by atoms with Gasteiger partial charge in [0.2, 0.25) is 0 Å². The van der Waals surface area contributed by atoms with Crippen LogP contribution in [0, 0.1) is 23.6 Å². The first-order valence-electron chi connectivity index (χ1n) is 8.45. The van der Waals surface area contributed by atoms with Crippen molar-refractivity contribution >= 4 is 9.84 Å². The van der Waals surface area contributed by atoms with Crippen molar-refractivity contribution in [1.82, 2.24) is 0 Å². The Bertz CT molecular complexity index is 690. The number of halogens is 1. The number of sulfone groups is 1. The normalized spacial score (nSPS) is 35.5. The van der Waals surface area contributed by atoms with Gasteiger partial charge in [-0.2, -0.15) is 0 Å². The molecule has 1 aromatic carbocycles. The Hall–Kier alpha value is -1.10. The summed E-state index contributed by atoms with van der Waals surface area (Å²) in [6.45, 7) is 0. The molecule has 0 aromatic heterocycles. The van der Waals surface area contributed by atoms with Crippen LogP contribution in [0.5, 0.6) is 5.75 Å². The topological polar surface area (TPSA) is 43.4 Å². The van der Waals surface area contributed by atoms with Gasteiger partial charge in [-0.25, -0.2) is 12.8 Å². The molecule has 4 bridgehead atoms. The van der Waals surface area contributed by atoms with Gasteiger partial charge in [-0.15, -0.1) is 0 Å². The monoisotopic (exact) mass is 338 g/mol. The largest absolute Gasteiger partial charge is 0.496 e. The van der Waals surface area contributed by atoms with Crippen LogP contribution in [0.25, 0.3) is 0 Å². The van der Waals surface area contributed by atoms with Gasteiger partial charge in [-0.3, -0.25) is 0 Å². The standard InChI is InChI=1S/C18H23FO3S/c1-22-17-3-2-16(19)7-15(17)11-23(20,21)18-8-12-4-13(9-18)6-14(5-12)10-18/h2-3,7,12-14H,4-6,8-11H2,1H3. The third kappa shape index (κ3) is 2.48. The molecule has 0 aliphatic heterocycles. The van der Waals surface area contributed by atoms with Crippen LogP contribution >= 0.6 is 0 Å². The van der Waals surface area contributed by atoms with E-state index in [1.54, 1.807) is 0 Å². The minimum atomic E-state index is -3.33. The summed E-state index contributed by atoms with van der Waals surface area (Å²) in [5, 5.41) is 0. The van der Waals surface area contributed by atoms with Crippen molar-refractivity contribution in [2.45, 2.75) is 49.0 Å². The van der Waals surface area contributed by atoms with E-state index in [-0.39, 0.29) is 5.75 Å². The molecule has 5 rings (SSSR count). The third-order valence-electron chi connectivity index (χ3n) is 6.23. The number of rotatable bonds is 4. The van der Waals surface area contributed by atoms with Crippen molar-refractivity contribution in [3.63, 3.8) is 0 Å². The zero-order valence-corrected chi connectivity index (χ0v) is 14.2. The van der Waals surface area contributed by atoms with E-state index in [2.05, 4.69) is 0 Å². The second-order valence-electron chi connectivity index (χ2n) is 7.82. The first-order valence-corrected chi connectivity index (χ1v) is 10.1. The number of hydrogen-bond donors (Lipinski definition) is 0. The smallest absolute Gasteiger partial charge is 0.160 e. The Morgan fingerprint density at radius 2 is 1.70 bits per heavy atom. The molecule has 0 N–H and O–H groups in total. The zero-order valence-electron chi connectivity index (χ0n) is 13.4. The Kier molecular flexibility index (Phi) is 3.49. The first-order chi connectivity index (χ1) is 10.9. The molecule has 0 saturated heterocycles. The van der Waals surface area contributed by atoms with Gasteiger partial charge in [-0.05, 0) is 74.5 Å². The summed E-state index contributed by atoms with van der Waals surface area (Å²) in [5.74, 6) is 1.66. The van der Waals surface area contributed by atoms with Crippen LogP contribution in [-0.2, 0) is 15.6 Å². The Morgan fingerprint density at radius 1 is 1.13 bits per heavy atom. The van der Waals surface area contributed by atoms with Crippen LogP contribution in [-0.4, -0.2) is 20.3 Å². The van der Waals surface area contributed by atoms with Crippen LogP contribution in [0.2, 0.25) is 0 Å². The lowest BCUT2D eigenvalue weighted by Gasteiger charge is -2.56. The van der Waals surface area contributed by atoms with Crippen LogP contribution in [0.4, 0.5) is 4.39 Å². The molecule has 0 radical (unpaired) electrons. The molecule has 4 fully saturated rings. The fourth-order valence-electron chi connectivity index (χ4n) is 5.63. The van der Waals surface area contributed by atoms with Crippen LogP contribution in [0.3, 0.4) is 0 Å². The predicted octanol–water partition coefficient (Wildman–Crippen LogP) is 3.72. The predicted molar refractivity (Wildman–Crippen MR) is 86.5 cm³/mol. The van der Waals surface area contributed by atoms with Crippen molar-refractivity contribution in [3.05, 3.63) is 29.6 Å². The van der Waals surface area contributed by atoms with Crippen LogP contribution in [0.1, 0.15) is 44.1 Å². The summed E-state index contributed by atoms with van der Waals surface area (Å²) >= 11 is 0. The highest BCUT2D eigenvalue weighted by Crippen LogP contribution is 2.59. The second kappa shape index (κ2) is 5.20. The van der Waals surface area contributed by atoms with E-state index in [9.17, 15) is 12.8 Å². The van der Waals surface area contributed by atoms with E-state index in [1.807, 2.05) is 0 Å². The molecule has 126 valence electrons. The Labute approximate surface area is 137 Å². The summed E-state index contributed by atoms with van der Waals surface area (Å²) in [4.78, 5) is 0. The van der Waals surface area contributed by atoms with E-state index in [0.717, 1.165) is 19.3 Å². The van der Waals surface area contributed by atoms with Crippen molar-refractivity contribution in [2.75, 3.05) is 7.11 Å². The minimum absolute atomic E-state index is 0.111. The average molecular weight is 338 g/mol. The molecule has 0 spiro atoms. The molecule has 4 aliphatic carbocycles. The van der Waals surface area contributed by atoms with Crippen LogP contribution < -0.4 is 4.74 Å². The molecular formula is C18H23FO3S. The molecule has 1 aromatic rings. The summed E-state index contributed by atoms with van der Waals surface area (Å²) in [5.41, 5.74) is 0.447. The first kappa shape index (κ1) is 15.4. The summed E-state index contributed by atoms with van der Waals surface area (Å²) in [6, 6.07) is 4.12. The maximum absolute atomic E-state index is 13.6. The number of ether oxygens (including phenoxy) is 1. The van der Waals surface area contributed by atoms with E-state index in [4.69, 9.17) is 4.74 Å². The molecule has 0 atom stereocenters. The SMILES string of the molecule is COc1ccc(F)cc1CS(=O)(=O)C12CC3CC(CC(C3)C1)C2. The van der Waals surface area contributed by atoms with Gasteiger partial charge in [0.15, 0.2) is 9.84 Å². The molecule has 3 nitrogen and oxygen atoms in total. The lowest BCUT2D eigenvalue weighted by Crippen LogP contribution is -2.55. The van der Waals surface area contributed by atoms with E-state index >= 15 is 0 Å². The molecule has 4 saturated carbocycles. The van der Waals surface area contributed by atoms with E-state index in [1.165, 1.54) is 44.6 Å². The molecular weight excluding hydrogens is 315 g/mol. The number of benzene rings is 1. The summed E-state index contributed by atoms with van der Waals surface area (Å²) < 4.78 is 44.7. The Balaban J connectivity index is 1.67. The summed E-state index contributed by atoms with van der Waals surface area (Å²) in [7, 11) is -1.83. The fraction of sp³-hybridized carbons (Fsp3) is 0.667. The molecule has 0 unspecified atom stereocenters. The highest BCUT2D eigenvalue weighted by Gasteiger charge is 2.57. The van der Waals surface area contributed by atoms with Crippen molar-refractivity contribution in [3.8, 4) is 5.75 Å². The molecule has 4 aliphatic rings. The average Bonchev–Trinajstić information content (AvgIpc) is 2.45. The van der Waals surface area contributed by atoms with Crippen molar-refractivity contribution in [1.29, 1.82) is 0 Å².